The highest BCUT2D eigenvalue weighted by Gasteiger charge is 2.21. The monoisotopic (exact) mass is 335 g/mol. The van der Waals surface area contributed by atoms with E-state index in [1.165, 1.54) is 0 Å². The van der Waals surface area contributed by atoms with Gasteiger partial charge in [-0.3, -0.25) is 4.79 Å². The van der Waals surface area contributed by atoms with Crippen LogP contribution in [0.25, 0.3) is 0 Å². The maximum atomic E-state index is 11.8. The Labute approximate surface area is 141 Å². The molecule has 1 aliphatic heterocycles. The Hall–Kier alpha value is -2.38. The number of aryl methyl sites for hydroxylation is 2. The normalized spacial score (nSPS) is 15.2. The van der Waals surface area contributed by atoms with E-state index < -0.39 is 5.97 Å². The SMILES string of the molecule is Cc1cc(N2CCC(NC(=O)NCCCC(=O)O)CC2)nc(C)n1. The van der Waals surface area contributed by atoms with Crippen LogP contribution < -0.4 is 15.5 Å². The van der Waals surface area contributed by atoms with Crippen molar-refractivity contribution in [1.82, 2.24) is 20.6 Å². The predicted octanol–water partition coefficient (Wildman–Crippen LogP) is 1.23. The van der Waals surface area contributed by atoms with Crippen molar-refractivity contribution in [2.45, 2.75) is 45.6 Å². The third-order valence-corrected chi connectivity index (χ3v) is 3.96. The predicted molar refractivity (Wildman–Crippen MR) is 90.1 cm³/mol. The van der Waals surface area contributed by atoms with Crippen molar-refractivity contribution in [3.05, 3.63) is 17.6 Å². The zero-order valence-electron chi connectivity index (χ0n) is 14.2. The van der Waals surface area contributed by atoms with E-state index in [1.54, 1.807) is 0 Å². The molecule has 1 saturated heterocycles. The number of carboxylic acids is 1. The third kappa shape index (κ3) is 5.68. The largest absolute Gasteiger partial charge is 0.481 e. The number of anilines is 1. The van der Waals surface area contributed by atoms with Gasteiger partial charge in [0.25, 0.3) is 0 Å². The Kier molecular flexibility index (Phi) is 6.34. The molecule has 0 spiro atoms. The third-order valence-electron chi connectivity index (χ3n) is 3.96. The first-order valence-electron chi connectivity index (χ1n) is 8.27. The second-order valence-electron chi connectivity index (χ2n) is 6.07. The number of carbonyl (C=O) groups excluding carboxylic acids is 1. The van der Waals surface area contributed by atoms with Gasteiger partial charge in [-0.1, -0.05) is 0 Å². The molecule has 2 amide bonds. The standard InChI is InChI=1S/C16H25N5O3/c1-11-10-14(19-12(2)18-11)21-8-5-13(6-9-21)20-16(24)17-7-3-4-15(22)23/h10,13H,3-9H2,1-2H3,(H,22,23)(H2,17,20,24). The van der Waals surface area contributed by atoms with Gasteiger partial charge in [-0.25, -0.2) is 14.8 Å². The fourth-order valence-corrected chi connectivity index (χ4v) is 2.79. The highest BCUT2D eigenvalue weighted by atomic mass is 16.4. The van der Waals surface area contributed by atoms with Crippen LogP contribution >= 0.6 is 0 Å². The van der Waals surface area contributed by atoms with Crippen LogP contribution in [-0.4, -0.2) is 52.8 Å². The van der Waals surface area contributed by atoms with E-state index in [9.17, 15) is 9.59 Å². The van der Waals surface area contributed by atoms with Gasteiger partial charge in [0.15, 0.2) is 0 Å². The van der Waals surface area contributed by atoms with Crippen molar-refractivity contribution in [3.63, 3.8) is 0 Å². The zero-order chi connectivity index (χ0) is 17.5. The molecule has 1 aliphatic rings. The van der Waals surface area contributed by atoms with Crippen LogP contribution in [0.1, 0.15) is 37.2 Å². The number of amides is 2. The summed E-state index contributed by atoms with van der Waals surface area (Å²) in [7, 11) is 0. The Balaban J connectivity index is 1.72. The molecule has 1 fully saturated rings. The van der Waals surface area contributed by atoms with Gasteiger partial charge in [-0.15, -0.1) is 0 Å². The maximum absolute atomic E-state index is 11.8. The van der Waals surface area contributed by atoms with Crippen molar-refractivity contribution in [3.8, 4) is 0 Å². The minimum Gasteiger partial charge on any atom is -0.481 e. The molecule has 8 heteroatoms. The van der Waals surface area contributed by atoms with Gasteiger partial charge in [0, 0.05) is 43.9 Å². The molecule has 0 bridgehead atoms. The molecule has 0 radical (unpaired) electrons. The first-order chi connectivity index (χ1) is 11.4. The van der Waals surface area contributed by atoms with Gasteiger partial charge in [-0.2, -0.15) is 0 Å². The van der Waals surface area contributed by atoms with Crippen LogP contribution in [0, 0.1) is 13.8 Å². The summed E-state index contributed by atoms with van der Waals surface area (Å²) in [5.74, 6) is 0.863. The zero-order valence-corrected chi connectivity index (χ0v) is 14.2. The lowest BCUT2D eigenvalue weighted by Crippen LogP contribution is -2.48. The van der Waals surface area contributed by atoms with Gasteiger partial charge < -0.3 is 20.6 Å². The number of aromatic nitrogens is 2. The molecule has 8 nitrogen and oxygen atoms in total. The topological polar surface area (TPSA) is 107 Å². The lowest BCUT2D eigenvalue weighted by molar-refractivity contribution is -0.137. The number of rotatable bonds is 6. The first kappa shape index (κ1) is 18.0. The van der Waals surface area contributed by atoms with E-state index in [-0.39, 0.29) is 18.5 Å². The molecule has 0 aromatic carbocycles. The molecule has 132 valence electrons. The number of hydrogen-bond acceptors (Lipinski definition) is 5. The number of urea groups is 1. The van der Waals surface area contributed by atoms with Crippen LogP contribution in [0.4, 0.5) is 10.6 Å². The number of nitrogens with zero attached hydrogens (tertiary/aromatic N) is 3. The highest BCUT2D eigenvalue weighted by molar-refractivity contribution is 5.74. The Morgan fingerprint density at radius 3 is 2.62 bits per heavy atom. The van der Waals surface area contributed by atoms with Crippen LogP contribution in [0.5, 0.6) is 0 Å². The summed E-state index contributed by atoms with van der Waals surface area (Å²) in [4.78, 5) is 33.2. The van der Waals surface area contributed by atoms with Crippen LogP contribution in [-0.2, 0) is 4.79 Å². The summed E-state index contributed by atoms with van der Waals surface area (Å²) in [6.45, 7) is 5.89. The molecule has 1 aromatic rings. The van der Waals surface area contributed by atoms with Gasteiger partial charge in [0.2, 0.25) is 0 Å². The maximum Gasteiger partial charge on any atom is 0.315 e. The van der Waals surface area contributed by atoms with Crippen LogP contribution in [0.15, 0.2) is 6.07 Å². The highest BCUT2D eigenvalue weighted by Crippen LogP contribution is 2.18. The first-order valence-corrected chi connectivity index (χ1v) is 8.27. The van der Waals surface area contributed by atoms with Crippen molar-refractivity contribution in [2.75, 3.05) is 24.5 Å². The second-order valence-corrected chi connectivity index (χ2v) is 6.07. The molecule has 3 N–H and O–H groups in total. The van der Waals surface area contributed by atoms with E-state index in [1.807, 2.05) is 19.9 Å². The molecule has 2 rings (SSSR count). The van der Waals surface area contributed by atoms with Crippen molar-refractivity contribution >= 4 is 17.8 Å². The average molecular weight is 335 g/mol. The smallest absolute Gasteiger partial charge is 0.315 e. The van der Waals surface area contributed by atoms with E-state index in [0.29, 0.717) is 13.0 Å². The molecule has 1 aromatic heterocycles. The summed E-state index contributed by atoms with van der Waals surface area (Å²) < 4.78 is 0. The summed E-state index contributed by atoms with van der Waals surface area (Å²) in [5, 5.41) is 14.2. The molecule has 24 heavy (non-hydrogen) atoms. The van der Waals surface area contributed by atoms with Crippen molar-refractivity contribution < 1.29 is 14.7 Å². The van der Waals surface area contributed by atoms with E-state index in [2.05, 4.69) is 25.5 Å². The van der Waals surface area contributed by atoms with Crippen LogP contribution in [0.2, 0.25) is 0 Å². The molecule has 0 aliphatic carbocycles. The molecule has 0 saturated carbocycles. The van der Waals surface area contributed by atoms with E-state index in [0.717, 1.165) is 43.3 Å². The van der Waals surface area contributed by atoms with Gasteiger partial charge in [0.1, 0.15) is 11.6 Å². The number of piperidine rings is 1. The van der Waals surface area contributed by atoms with E-state index >= 15 is 0 Å². The molecular formula is C16H25N5O3. The quantitative estimate of drug-likeness (QED) is 0.675. The van der Waals surface area contributed by atoms with Crippen molar-refractivity contribution in [1.29, 1.82) is 0 Å². The summed E-state index contributed by atoms with van der Waals surface area (Å²) in [6, 6.07) is 1.88. The Morgan fingerprint density at radius 2 is 2.00 bits per heavy atom. The number of carbonyl (C=O) groups is 2. The van der Waals surface area contributed by atoms with Gasteiger partial charge >= 0.3 is 12.0 Å². The second kappa shape index (κ2) is 8.47. The lowest BCUT2D eigenvalue weighted by atomic mass is 10.1. The minimum atomic E-state index is -0.847. The van der Waals surface area contributed by atoms with Gasteiger partial charge in [0.05, 0.1) is 0 Å². The summed E-state index contributed by atoms with van der Waals surface area (Å²) in [5.41, 5.74) is 0.957. The number of carboxylic acid groups (broad SMARTS) is 1. The van der Waals surface area contributed by atoms with Crippen molar-refractivity contribution in [2.24, 2.45) is 0 Å². The fourth-order valence-electron chi connectivity index (χ4n) is 2.79. The van der Waals surface area contributed by atoms with E-state index in [4.69, 9.17) is 5.11 Å². The Morgan fingerprint density at radius 1 is 1.29 bits per heavy atom. The number of hydrogen-bond donors (Lipinski definition) is 3. The average Bonchev–Trinajstić information content (AvgIpc) is 2.51. The molecule has 2 heterocycles. The summed E-state index contributed by atoms with van der Waals surface area (Å²) in [6.07, 6.45) is 2.21. The Bertz CT molecular complexity index is 565. The number of aliphatic carboxylic acids is 1. The fraction of sp³-hybridized carbons (Fsp3) is 0.625. The van der Waals surface area contributed by atoms with Gasteiger partial charge in [-0.05, 0) is 33.1 Å². The molecule has 0 atom stereocenters. The van der Waals surface area contributed by atoms with Crippen LogP contribution in [0.3, 0.4) is 0 Å². The minimum absolute atomic E-state index is 0.0659. The lowest BCUT2D eigenvalue weighted by Gasteiger charge is -2.33. The number of nitrogens with one attached hydrogen (secondary N) is 2. The molecule has 0 unspecified atom stereocenters. The molecular weight excluding hydrogens is 310 g/mol. The summed E-state index contributed by atoms with van der Waals surface area (Å²) >= 11 is 0.